The Bertz CT molecular complexity index is 1230. The molecule has 0 spiro atoms. The summed E-state index contributed by atoms with van der Waals surface area (Å²) in [4.78, 5) is 38.6. The van der Waals surface area contributed by atoms with E-state index >= 15 is 0 Å². The van der Waals surface area contributed by atoms with E-state index in [1.165, 1.54) is 0 Å². The molecule has 4 rings (SSSR count). The fourth-order valence-corrected chi connectivity index (χ4v) is 3.69. The summed E-state index contributed by atoms with van der Waals surface area (Å²) < 4.78 is 39.9. The molecule has 3 aromatic carbocycles. The average molecular weight is 441 g/mol. The van der Waals surface area contributed by atoms with E-state index in [9.17, 15) is 27.6 Å². The zero-order chi connectivity index (χ0) is 22.8. The molecule has 0 aliphatic carbocycles. The maximum Gasteiger partial charge on any atom is 0.243 e. The molecule has 1 atom stereocenters. The molecule has 0 bridgehead atoms. The highest BCUT2D eigenvalue weighted by Gasteiger charge is 2.35. The highest BCUT2D eigenvalue weighted by Crippen LogP contribution is 2.31. The minimum atomic E-state index is -1.70. The summed E-state index contributed by atoms with van der Waals surface area (Å²) in [5.41, 5.74) is 0.163. The third-order valence-corrected chi connectivity index (χ3v) is 5.29. The summed E-state index contributed by atoms with van der Waals surface area (Å²) in [5.74, 6) is -6.83. The predicted molar refractivity (Wildman–Crippen MR) is 112 cm³/mol. The number of hydrogen-bond donors (Lipinski definition) is 2. The second-order valence-electron chi connectivity index (χ2n) is 7.39. The standard InChI is InChI=1S/C23H18F3N3O3/c24-16-8-9-17(22(26)21(16)25)28-19(30)11-27-23(32)14-10-20(31)29(12-14)18-7-3-5-13-4-1-2-6-15(13)18/h1-9,14H,10-12H2,(H,27,32)(H,28,30)/t14-/m0/s1. The van der Waals surface area contributed by atoms with Gasteiger partial charge in [0.15, 0.2) is 17.5 Å². The van der Waals surface area contributed by atoms with Gasteiger partial charge in [0.1, 0.15) is 0 Å². The van der Waals surface area contributed by atoms with Crippen LogP contribution in [-0.2, 0) is 14.4 Å². The zero-order valence-corrected chi connectivity index (χ0v) is 16.7. The van der Waals surface area contributed by atoms with Crippen molar-refractivity contribution in [2.45, 2.75) is 6.42 Å². The van der Waals surface area contributed by atoms with Gasteiger partial charge in [0.2, 0.25) is 17.7 Å². The Balaban J connectivity index is 1.38. The van der Waals surface area contributed by atoms with Gasteiger partial charge in [-0.15, -0.1) is 0 Å². The molecule has 6 nitrogen and oxygen atoms in total. The normalized spacial score (nSPS) is 15.8. The van der Waals surface area contributed by atoms with E-state index in [2.05, 4.69) is 10.6 Å². The van der Waals surface area contributed by atoms with Crippen molar-refractivity contribution < 1.29 is 27.6 Å². The number of carbonyl (C=O) groups excluding carboxylic acids is 3. The number of amides is 3. The second kappa shape index (κ2) is 8.70. The van der Waals surface area contributed by atoms with Crippen molar-refractivity contribution >= 4 is 39.9 Å². The summed E-state index contributed by atoms with van der Waals surface area (Å²) >= 11 is 0. The zero-order valence-electron chi connectivity index (χ0n) is 16.7. The molecule has 1 aliphatic rings. The number of benzene rings is 3. The van der Waals surface area contributed by atoms with E-state index in [4.69, 9.17) is 0 Å². The van der Waals surface area contributed by atoms with Crippen LogP contribution in [0.4, 0.5) is 24.5 Å². The largest absolute Gasteiger partial charge is 0.347 e. The van der Waals surface area contributed by atoms with Gasteiger partial charge in [0.05, 0.1) is 23.8 Å². The van der Waals surface area contributed by atoms with E-state index in [0.29, 0.717) is 11.8 Å². The Morgan fingerprint density at radius 1 is 0.969 bits per heavy atom. The maximum atomic E-state index is 13.7. The molecule has 3 aromatic rings. The van der Waals surface area contributed by atoms with Gasteiger partial charge in [-0.2, -0.15) is 0 Å². The molecule has 1 heterocycles. The van der Waals surface area contributed by atoms with Crippen molar-refractivity contribution in [3.05, 3.63) is 72.0 Å². The van der Waals surface area contributed by atoms with Crippen LogP contribution in [0.5, 0.6) is 0 Å². The van der Waals surface area contributed by atoms with Gasteiger partial charge in [-0.05, 0) is 23.6 Å². The molecule has 0 unspecified atom stereocenters. The van der Waals surface area contributed by atoms with Crippen LogP contribution in [0.25, 0.3) is 10.8 Å². The number of halogens is 3. The van der Waals surface area contributed by atoms with Gasteiger partial charge >= 0.3 is 0 Å². The molecule has 1 aliphatic heterocycles. The van der Waals surface area contributed by atoms with E-state index in [1.807, 2.05) is 42.5 Å². The van der Waals surface area contributed by atoms with E-state index in [-0.39, 0.29) is 18.9 Å². The number of nitrogens with zero attached hydrogens (tertiary/aromatic N) is 1. The minimum Gasteiger partial charge on any atom is -0.347 e. The van der Waals surface area contributed by atoms with Crippen LogP contribution in [0.15, 0.2) is 54.6 Å². The lowest BCUT2D eigenvalue weighted by atomic mass is 10.1. The van der Waals surface area contributed by atoms with E-state index in [1.54, 1.807) is 4.90 Å². The first-order chi connectivity index (χ1) is 15.3. The molecule has 0 radical (unpaired) electrons. The van der Waals surface area contributed by atoms with Gasteiger partial charge in [-0.3, -0.25) is 14.4 Å². The SMILES string of the molecule is O=C(CNC(=O)[C@H]1CC(=O)N(c2cccc3ccccc23)C1)Nc1ccc(F)c(F)c1F. The van der Waals surface area contributed by atoms with Crippen molar-refractivity contribution in [1.29, 1.82) is 0 Å². The maximum absolute atomic E-state index is 13.7. The number of hydrogen-bond acceptors (Lipinski definition) is 3. The Morgan fingerprint density at radius 2 is 1.72 bits per heavy atom. The molecule has 32 heavy (non-hydrogen) atoms. The third kappa shape index (κ3) is 4.14. The van der Waals surface area contributed by atoms with Gasteiger partial charge in [0, 0.05) is 18.4 Å². The molecule has 9 heteroatoms. The van der Waals surface area contributed by atoms with Crippen molar-refractivity contribution in [1.82, 2.24) is 5.32 Å². The number of carbonyl (C=O) groups is 3. The number of nitrogens with one attached hydrogen (secondary N) is 2. The lowest BCUT2D eigenvalue weighted by Crippen LogP contribution is -2.38. The summed E-state index contributed by atoms with van der Waals surface area (Å²) in [6, 6.07) is 14.7. The number of rotatable bonds is 5. The summed E-state index contributed by atoms with van der Waals surface area (Å²) in [5, 5.41) is 6.33. The molecule has 2 N–H and O–H groups in total. The van der Waals surface area contributed by atoms with Crippen molar-refractivity contribution in [3.8, 4) is 0 Å². The van der Waals surface area contributed by atoms with Crippen LogP contribution >= 0.6 is 0 Å². The van der Waals surface area contributed by atoms with Gasteiger partial charge in [-0.1, -0.05) is 36.4 Å². The van der Waals surface area contributed by atoms with Crippen LogP contribution < -0.4 is 15.5 Å². The first-order valence-electron chi connectivity index (χ1n) is 9.84. The Morgan fingerprint density at radius 3 is 2.53 bits per heavy atom. The average Bonchev–Trinajstić information content (AvgIpc) is 3.19. The summed E-state index contributed by atoms with van der Waals surface area (Å²) in [6.07, 6.45) is -0.0194. The van der Waals surface area contributed by atoms with Gasteiger partial charge in [-0.25, -0.2) is 13.2 Å². The fourth-order valence-electron chi connectivity index (χ4n) is 3.69. The van der Waals surface area contributed by atoms with E-state index < -0.39 is 47.4 Å². The fraction of sp³-hybridized carbons (Fsp3) is 0.174. The minimum absolute atomic E-state index is 0.0194. The predicted octanol–water partition coefficient (Wildman–Crippen LogP) is 3.36. The first-order valence-corrected chi connectivity index (χ1v) is 9.84. The molecular formula is C23H18F3N3O3. The summed E-state index contributed by atoms with van der Waals surface area (Å²) in [6.45, 7) is -0.367. The quantitative estimate of drug-likeness (QED) is 0.596. The molecule has 3 amide bonds. The van der Waals surface area contributed by atoms with Crippen molar-refractivity contribution in [3.63, 3.8) is 0 Å². The van der Waals surface area contributed by atoms with Crippen molar-refractivity contribution in [2.24, 2.45) is 5.92 Å². The molecule has 1 fully saturated rings. The van der Waals surface area contributed by atoms with E-state index in [0.717, 1.165) is 16.8 Å². The molecule has 0 saturated carbocycles. The van der Waals surface area contributed by atoms with Gasteiger partial charge in [0.25, 0.3) is 0 Å². The number of fused-ring (bicyclic) bond motifs is 1. The Kier molecular flexibility index (Phi) is 5.81. The Hall–Kier alpha value is -3.88. The lowest BCUT2D eigenvalue weighted by molar-refractivity contribution is -0.127. The highest BCUT2D eigenvalue weighted by atomic mass is 19.2. The topological polar surface area (TPSA) is 78.5 Å². The summed E-state index contributed by atoms with van der Waals surface area (Å²) in [7, 11) is 0. The second-order valence-corrected chi connectivity index (χ2v) is 7.39. The molecule has 0 aromatic heterocycles. The smallest absolute Gasteiger partial charge is 0.243 e. The lowest BCUT2D eigenvalue weighted by Gasteiger charge is -2.19. The third-order valence-electron chi connectivity index (χ3n) is 5.29. The first kappa shape index (κ1) is 21.4. The van der Waals surface area contributed by atoms with Crippen LogP contribution in [-0.4, -0.2) is 30.8 Å². The van der Waals surface area contributed by atoms with Crippen LogP contribution in [0.1, 0.15) is 6.42 Å². The Labute approximate surface area is 181 Å². The van der Waals surface area contributed by atoms with Crippen LogP contribution in [0, 0.1) is 23.4 Å². The van der Waals surface area contributed by atoms with Crippen LogP contribution in [0.2, 0.25) is 0 Å². The highest BCUT2D eigenvalue weighted by molar-refractivity contribution is 6.07. The van der Waals surface area contributed by atoms with Crippen molar-refractivity contribution in [2.75, 3.05) is 23.3 Å². The van der Waals surface area contributed by atoms with Crippen LogP contribution in [0.3, 0.4) is 0 Å². The number of anilines is 2. The molecular weight excluding hydrogens is 423 g/mol. The molecule has 1 saturated heterocycles. The van der Waals surface area contributed by atoms with Gasteiger partial charge < -0.3 is 15.5 Å². The molecule has 164 valence electrons. The monoisotopic (exact) mass is 441 g/mol.